The molecule has 3 aromatic rings. The Kier molecular flexibility index (Phi) is 6.26. The molecule has 28 heavy (non-hydrogen) atoms. The number of nitrogens with one attached hydrogen (secondary N) is 1. The topological polar surface area (TPSA) is 77.5 Å². The van der Waals surface area contributed by atoms with Gasteiger partial charge < -0.3 is 9.47 Å². The van der Waals surface area contributed by atoms with Crippen molar-refractivity contribution in [2.45, 2.75) is 27.2 Å². The zero-order valence-electron chi connectivity index (χ0n) is 16.1. The number of carbonyl (C=O) groups is 2. The summed E-state index contributed by atoms with van der Waals surface area (Å²) < 4.78 is 11.5. The lowest BCUT2D eigenvalue weighted by Gasteiger charge is -2.07. The van der Waals surface area contributed by atoms with Crippen molar-refractivity contribution in [2.24, 2.45) is 0 Å². The van der Waals surface area contributed by atoms with Gasteiger partial charge in [0.1, 0.15) is 5.75 Å². The Bertz CT molecular complexity index is 1010. The number of fused-ring (bicyclic) bond motifs is 1. The number of amides is 1. The summed E-state index contributed by atoms with van der Waals surface area (Å²) in [6, 6.07) is 11.6. The molecule has 0 unspecified atom stereocenters. The maximum Gasteiger partial charge on any atom is 0.309 e. The second-order valence-electron chi connectivity index (χ2n) is 6.57. The average molecular weight is 398 g/mol. The number of carbonyl (C=O) groups excluding carboxylic acids is 2. The summed E-state index contributed by atoms with van der Waals surface area (Å²) in [5, 5.41) is 3.17. The predicted molar refractivity (Wildman–Crippen MR) is 110 cm³/mol. The molecular weight excluding hydrogens is 376 g/mol. The molecule has 0 saturated heterocycles. The van der Waals surface area contributed by atoms with Crippen molar-refractivity contribution in [1.82, 2.24) is 4.98 Å². The molecule has 0 atom stereocenters. The highest BCUT2D eigenvalue weighted by atomic mass is 32.1. The van der Waals surface area contributed by atoms with E-state index in [-0.39, 0.29) is 19.6 Å². The third-order valence-corrected chi connectivity index (χ3v) is 4.92. The molecule has 0 fully saturated rings. The molecule has 146 valence electrons. The number of anilines is 1. The van der Waals surface area contributed by atoms with Crippen LogP contribution in [0.2, 0.25) is 0 Å². The Morgan fingerprint density at radius 2 is 1.93 bits per heavy atom. The zero-order valence-corrected chi connectivity index (χ0v) is 16.9. The quantitative estimate of drug-likeness (QED) is 0.604. The molecule has 0 bridgehead atoms. The van der Waals surface area contributed by atoms with Crippen LogP contribution in [0.25, 0.3) is 10.2 Å². The Labute approximate surface area is 167 Å². The largest absolute Gasteiger partial charge is 0.493 e. The smallest absolute Gasteiger partial charge is 0.309 e. The first-order valence-electron chi connectivity index (χ1n) is 8.93. The second kappa shape index (κ2) is 8.84. The van der Waals surface area contributed by atoms with Crippen LogP contribution >= 0.6 is 11.3 Å². The standard InChI is InChI=1S/C21H22N2O4S/c1-13-5-4-6-16(10-13)26-8-7-19(25)27-12-18(24)22-21-23-20-15(3)9-14(2)11-17(20)28-21/h4-6,9-11H,7-8,12H2,1-3H3,(H,22,23,24). The van der Waals surface area contributed by atoms with Crippen molar-refractivity contribution in [3.63, 3.8) is 0 Å². The van der Waals surface area contributed by atoms with E-state index in [1.807, 2.05) is 57.2 Å². The van der Waals surface area contributed by atoms with Crippen LogP contribution in [-0.4, -0.2) is 30.1 Å². The lowest BCUT2D eigenvalue weighted by atomic mass is 10.1. The van der Waals surface area contributed by atoms with Crippen molar-refractivity contribution < 1.29 is 19.1 Å². The molecule has 2 aromatic carbocycles. The predicted octanol–water partition coefficient (Wildman–Crippen LogP) is 4.17. The number of aromatic nitrogens is 1. The van der Waals surface area contributed by atoms with Gasteiger partial charge in [-0.1, -0.05) is 29.5 Å². The molecule has 1 aromatic heterocycles. The van der Waals surface area contributed by atoms with E-state index in [1.165, 1.54) is 11.3 Å². The molecule has 0 saturated carbocycles. The van der Waals surface area contributed by atoms with E-state index in [0.29, 0.717) is 10.9 Å². The number of hydrogen-bond donors (Lipinski definition) is 1. The minimum Gasteiger partial charge on any atom is -0.493 e. The summed E-state index contributed by atoms with van der Waals surface area (Å²) in [6.07, 6.45) is 0.0703. The average Bonchev–Trinajstić information content (AvgIpc) is 3.02. The van der Waals surface area contributed by atoms with Gasteiger partial charge in [-0.3, -0.25) is 14.9 Å². The van der Waals surface area contributed by atoms with Gasteiger partial charge in [-0.15, -0.1) is 0 Å². The molecule has 1 heterocycles. The second-order valence-corrected chi connectivity index (χ2v) is 7.60. The molecule has 3 rings (SSSR count). The van der Waals surface area contributed by atoms with Crippen LogP contribution in [-0.2, 0) is 14.3 Å². The summed E-state index contributed by atoms with van der Waals surface area (Å²) in [4.78, 5) is 28.2. The number of benzene rings is 2. The highest BCUT2D eigenvalue weighted by molar-refractivity contribution is 7.22. The summed E-state index contributed by atoms with van der Waals surface area (Å²) in [6.45, 7) is 5.82. The molecule has 0 aliphatic carbocycles. The molecule has 7 heteroatoms. The first-order valence-corrected chi connectivity index (χ1v) is 9.75. The van der Waals surface area contributed by atoms with Crippen molar-refractivity contribution >= 4 is 38.6 Å². The van der Waals surface area contributed by atoms with E-state index in [4.69, 9.17) is 9.47 Å². The molecule has 1 N–H and O–H groups in total. The lowest BCUT2D eigenvalue weighted by molar-refractivity contribution is -0.147. The summed E-state index contributed by atoms with van der Waals surface area (Å²) in [7, 11) is 0. The van der Waals surface area contributed by atoms with Crippen LogP contribution in [0.15, 0.2) is 36.4 Å². The van der Waals surface area contributed by atoms with E-state index in [0.717, 1.165) is 26.9 Å². The number of thiazole rings is 1. The zero-order chi connectivity index (χ0) is 20.1. The lowest BCUT2D eigenvalue weighted by Crippen LogP contribution is -2.21. The summed E-state index contributed by atoms with van der Waals surface area (Å²) >= 11 is 1.40. The van der Waals surface area contributed by atoms with Crippen LogP contribution in [0.1, 0.15) is 23.1 Å². The van der Waals surface area contributed by atoms with Crippen molar-refractivity contribution in [2.75, 3.05) is 18.5 Å². The monoisotopic (exact) mass is 398 g/mol. The fraction of sp³-hybridized carbons (Fsp3) is 0.286. The maximum atomic E-state index is 12.0. The molecule has 0 aliphatic heterocycles. The van der Waals surface area contributed by atoms with Gasteiger partial charge in [0.25, 0.3) is 5.91 Å². The van der Waals surface area contributed by atoms with Crippen LogP contribution in [0, 0.1) is 20.8 Å². The van der Waals surface area contributed by atoms with Gasteiger partial charge in [-0.25, -0.2) is 4.98 Å². The van der Waals surface area contributed by atoms with E-state index >= 15 is 0 Å². The van der Waals surface area contributed by atoms with E-state index in [9.17, 15) is 9.59 Å². The van der Waals surface area contributed by atoms with Gasteiger partial charge in [0.15, 0.2) is 11.7 Å². The Balaban J connectivity index is 1.43. The van der Waals surface area contributed by atoms with Gasteiger partial charge in [-0.2, -0.15) is 0 Å². The Morgan fingerprint density at radius 1 is 1.11 bits per heavy atom. The van der Waals surface area contributed by atoms with Gasteiger partial charge in [0.2, 0.25) is 0 Å². The van der Waals surface area contributed by atoms with Crippen molar-refractivity contribution in [1.29, 1.82) is 0 Å². The third kappa shape index (κ3) is 5.29. The molecule has 0 radical (unpaired) electrons. The SMILES string of the molecule is Cc1cccc(OCCC(=O)OCC(=O)Nc2nc3c(C)cc(C)cc3s2)c1. The highest BCUT2D eigenvalue weighted by Gasteiger charge is 2.12. The molecule has 1 amide bonds. The van der Waals surface area contributed by atoms with E-state index < -0.39 is 11.9 Å². The van der Waals surface area contributed by atoms with Gasteiger partial charge >= 0.3 is 5.97 Å². The van der Waals surface area contributed by atoms with Gasteiger partial charge in [0, 0.05) is 0 Å². The van der Waals surface area contributed by atoms with Crippen LogP contribution < -0.4 is 10.1 Å². The fourth-order valence-corrected chi connectivity index (χ4v) is 3.81. The molecule has 0 aliphatic rings. The minimum atomic E-state index is -0.487. The number of nitrogens with zero attached hydrogens (tertiary/aromatic N) is 1. The maximum absolute atomic E-state index is 12.0. The minimum absolute atomic E-state index is 0.0703. The Morgan fingerprint density at radius 3 is 2.71 bits per heavy atom. The third-order valence-electron chi connectivity index (χ3n) is 4.00. The number of rotatable bonds is 7. The number of esters is 1. The van der Waals surface area contributed by atoms with E-state index in [2.05, 4.69) is 10.3 Å². The number of ether oxygens (including phenoxy) is 2. The van der Waals surface area contributed by atoms with Crippen LogP contribution in [0.5, 0.6) is 5.75 Å². The van der Waals surface area contributed by atoms with E-state index in [1.54, 1.807) is 0 Å². The molecule has 0 spiro atoms. The van der Waals surface area contributed by atoms with Crippen molar-refractivity contribution in [3.05, 3.63) is 53.1 Å². The van der Waals surface area contributed by atoms with Crippen LogP contribution in [0.3, 0.4) is 0 Å². The fourth-order valence-electron chi connectivity index (χ4n) is 2.75. The first-order chi connectivity index (χ1) is 13.4. The summed E-state index contributed by atoms with van der Waals surface area (Å²) in [5.41, 5.74) is 4.16. The normalized spacial score (nSPS) is 10.7. The van der Waals surface area contributed by atoms with Gasteiger partial charge in [-0.05, 0) is 55.7 Å². The number of aryl methyl sites for hydroxylation is 3. The molecule has 6 nitrogen and oxygen atoms in total. The van der Waals surface area contributed by atoms with Crippen molar-refractivity contribution in [3.8, 4) is 5.75 Å². The first kappa shape index (κ1) is 19.8. The van der Waals surface area contributed by atoms with Crippen LogP contribution in [0.4, 0.5) is 5.13 Å². The highest BCUT2D eigenvalue weighted by Crippen LogP contribution is 2.29. The van der Waals surface area contributed by atoms with Gasteiger partial charge in [0.05, 0.1) is 23.2 Å². The number of hydrogen-bond acceptors (Lipinski definition) is 6. The molecular formula is C21H22N2O4S. The summed E-state index contributed by atoms with van der Waals surface area (Å²) in [5.74, 6) is -0.202. The Hall–Kier alpha value is -2.93.